The Morgan fingerprint density at radius 3 is 2.52 bits per heavy atom. The van der Waals surface area contributed by atoms with Gasteiger partial charge in [-0.15, -0.1) is 0 Å². The summed E-state index contributed by atoms with van der Waals surface area (Å²) < 4.78 is 6.27. The second-order valence-electron chi connectivity index (χ2n) is 4.73. The quantitative estimate of drug-likeness (QED) is 0.646. The molecule has 0 atom stereocenters. The summed E-state index contributed by atoms with van der Waals surface area (Å²) in [5.41, 5.74) is 1.91. The minimum atomic E-state index is -0.0418. The lowest BCUT2D eigenvalue weighted by Crippen LogP contribution is -2.11. The number of hydrogen-bond donors (Lipinski definition) is 0. The number of ether oxygens (including phenoxy) is 1. The van der Waals surface area contributed by atoms with Crippen molar-refractivity contribution in [3.05, 3.63) is 63.1 Å². The number of halogens is 2. The number of aryl methyl sites for hydroxylation is 1. The monoisotopic (exact) mass is 366 g/mol. The van der Waals surface area contributed by atoms with Gasteiger partial charge in [-0.1, -0.05) is 49.2 Å². The maximum atomic E-state index is 12.1. The van der Waals surface area contributed by atoms with Crippen LogP contribution in [0.4, 0.5) is 0 Å². The van der Waals surface area contributed by atoms with E-state index in [0.29, 0.717) is 16.3 Å². The predicted octanol–water partition coefficient (Wildman–Crippen LogP) is 5.32. The van der Waals surface area contributed by atoms with E-state index in [0.717, 1.165) is 17.3 Å². The van der Waals surface area contributed by atoms with Crippen molar-refractivity contribution in [2.24, 2.45) is 0 Å². The first-order valence-corrected chi connectivity index (χ1v) is 7.97. The normalized spacial score (nSPS) is 10.4. The van der Waals surface area contributed by atoms with Crippen molar-refractivity contribution in [2.75, 3.05) is 6.61 Å². The molecule has 0 amide bonds. The molecular formula is C17H16BrClO2. The van der Waals surface area contributed by atoms with Gasteiger partial charge in [-0.05, 0) is 46.1 Å². The summed E-state index contributed by atoms with van der Waals surface area (Å²) in [6.45, 7) is 2.14. The Bertz CT molecular complexity index is 623. The molecule has 0 aliphatic rings. The number of carbonyl (C=O) groups excluding carboxylic acids is 1. The average Bonchev–Trinajstić information content (AvgIpc) is 2.47. The molecule has 0 spiro atoms. The molecule has 2 aromatic carbocycles. The van der Waals surface area contributed by atoms with Gasteiger partial charge in [0.15, 0.2) is 12.4 Å². The molecule has 0 radical (unpaired) electrons. The van der Waals surface area contributed by atoms with E-state index in [2.05, 4.69) is 22.9 Å². The fraction of sp³-hybridized carbons (Fsp3) is 0.235. The van der Waals surface area contributed by atoms with Gasteiger partial charge >= 0.3 is 0 Å². The third-order valence-electron chi connectivity index (χ3n) is 3.07. The molecule has 0 N–H and O–H groups in total. The molecule has 4 heteroatoms. The fourth-order valence-corrected chi connectivity index (χ4v) is 2.76. The zero-order valence-electron chi connectivity index (χ0n) is 11.7. The third kappa shape index (κ3) is 4.58. The van der Waals surface area contributed by atoms with Crippen LogP contribution in [0.1, 0.15) is 29.3 Å². The molecule has 0 heterocycles. The smallest absolute Gasteiger partial charge is 0.200 e. The summed E-state index contributed by atoms with van der Waals surface area (Å²) >= 11 is 9.22. The van der Waals surface area contributed by atoms with Gasteiger partial charge in [0.05, 0.1) is 4.47 Å². The van der Waals surface area contributed by atoms with Gasteiger partial charge < -0.3 is 4.74 Å². The molecule has 2 aromatic rings. The molecule has 2 rings (SSSR count). The number of Topliss-reactive ketones (excluding diaryl/α,β-unsaturated/α-hetero) is 1. The molecule has 0 fully saturated rings. The highest BCUT2D eigenvalue weighted by Gasteiger charge is 2.09. The molecule has 0 aliphatic heterocycles. The summed E-state index contributed by atoms with van der Waals surface area (Å²) in [5.74, 6) is 0.565. The Balaban J connectivity index is 1.98. The molecule has 2 nitrogen and oxygen atoms in total. The van der Waals surface area contributed by atoms with Crippen LogP contribution in [-0.2, 0) is 6.42 Å². The SMILES string of the molecule is CCCc1ccc(C(=O)COc2ccc(Cl)cc2Br)cc1. The van der Waals surface area contributed by atoms with E-state index in [1.165, 1.54) is 5.56 Å². The highest BCUT2D eigenvalue weighted by molar-refractivity contribution is 9.10. The van der Waals surface area contributed by atoms with Gasteiger partial charge in [-0.25, -0.2) is 0 Å². The summed E-state index contributed by atoms with van der Waals surface area (Å²) in [7, 11) is 0. The van der Waals surface area contributed by atoms with Gasteiger partial charge in [-0.2, -0.15) is 0 Å². The van der Waals surface area contributed by atoms with E-state index >= 15 is 0 Å². The molecule has 0 saturated carbocycles. The first-order chi connectivity index (χ1) is 10.1. The van der Waals surface area contributed by atoms with Gasteiger partial charge in [0.1, 0.15) is 5.75 Å². The second kappa shape index (κ2) is 7.62. The second-order valence-corrected chi connectivity index (χ2v) is 6.02. The molecule has 0 aromatic heterocycles. The van der Waals surface area contributed by atoms with Crippen molar-refractivity contribution in [1.82, 2.24) is 0 Å². The van der Waals surface area contributed by atoms with Crippen LogP contribution in [0.5, 0.6) is 5.75 Å². The maximum Gasteiger partial charge on any atom is 0.200 e. The third-order valence-corrected chi connectivity index (χ3v) is 3.92. The number of benzene rings is 2. The zero-order chi connectivity index (χ0) is 15.2. The van der Waals surface area contributed by atoms with Crippen LogP contribution in [0.25, 0.3) is 0 Å². The van der Waals surface area contributed by atoms with Gasteiger partial charge in [0, 0.05) is 10.6 Å². The molecular weight excluding hydrogens is 352 g/mol. The van der Waals surface area contributed by atoms with Gasteiger partial charge in [-0.3, -0.25) is 4.79 Å². The van der Waals surface area contributed by atoms with Crippen molar-refractivity contribution < 1.29 is 9.53 Å². The summed E-state index contributed by atoms with van der Waals surface area (Å²) in [5, 5.41) is 0.618. The number of carbonyl (C=O) groups is 1. The summed E-state index contributed by atoms with van der Waals surface area (Å²) in [4.78, 5) is 12.1. The Morgan fingerprint density at radius 2 is 1.90 bits per heavy atom. The molecule has 0 unspecified atom stereocenters. The Morgan fingerprint density at radius 1 is 1.19 bits per heavy atom. The summed E-state index contributed by atoms with van der Waals surface area (Å²) in [6, 6.07) is 12.9. The van der Waals surface area contributed by atoms with Crippen LogP contribution < -0.4 is 4.74 Å². The number of rotatable bonds is 6. The van der Waals surface area contributed by atoms with Crippen LogP contribution in [0.15, 0.2) is 46.9 Å². The molecule has 0 aliphatic carbocycles. The number of ketones is 1. The first-order valence-electron chi connectivity index (χ1n) is 6.80. The van der Waals surface area contributed by atoms with Crippen LogP contribution >= 0.6 is 27.5 Å². The number of hydrogen-bond acceptors (Lipinski definition) is 2. The van der Waals surface area contributed by atoms with E-state index in [1.54, 1.807) is 18.2 Å². The average molecular weight is 368 g/mol. The largest absolute Gasteiger partial charge is 0.484 e. The van der Waals surface area contributed by atoms with Crippen LogP contribution in [0.2, 0.25) is 5.02 Å². The van der Waals surface area contributed by atoms with Crippen molar-refractivity contribution in [2.45, 2.75) is 19.8 Å². The Hall–Kier alpha value is -1.32. The fourth-order valence-electron chi connectivity index (χ4n) is 1.96. The minimum Gasteiger partial charge on any atom is -0.484 e. The van der Waals surface area contributed by atoms with Gasteiger partial charge in [0.25, 0.3) is 0 Å². The minimum absolute atomic E-state index is 0.00730. The van der Waals surface area contributed by atoms with Crippen molar-refractivity contribution >= 4 is 33.3 Å². The standard InChI is InChI=1S/C17H16BrClO2/c1-2-3-12-4-6-13(7-5-12)16(20)11-21-17-9-8-14(19)10-15(17)18/h4-10H,2-3,11H2,1H3. The molecule has 0 saturated heterocycles. The van der Waals surface area contributed by atoms with Crippen molar-refractivity contribution in [1.29, 1.82) is 0 Å². The molecule has 110 valence electrons. The molecule has 0 bridgehead atoms. The van der Waals surface area contributed by atoms with Crippen LogP contribution in [0.3, 0.4) is 0 Å². The van der Waals surface area contributed by atoms with E-state index in [9.17, 15) is 4.79 Å². The first kappa shape index (κ1) is 16.1. The zero-order valence-corrected chi connectivity index (χ0v) is 14.1. The van der Waals surface area contributed by atoms with E-state index in [4.69, 9.17) is 16.3 Å². The Kier molecular flexibility index (Phi) is 5.83. The van der Waals surface area contributed by atoms with E-state index in [-0.39, 0.29) is 12.4 Å². The van der Waals surface area contributed by atoms with Gasteiger partial charge in [0.2, 0.25) is 0 Å². The Labute approximate surface area is 138 Å². The van der Waals surface area contributed by atoms with Crippen molar-refractivity contribution in [3.8, 4) is 5.75 Å². The van der Waals surface area contributed by atoms with Crippen LogP contribution in [0, 0.1) is 0 Å². The van der Waals surface area contributed by atoms with E-state index < -0.39 is 0 Å². The lowest BCUT2D eigenvalue weighted by Gasteiger charge is -2.08. The highest BCUT2D eigenvalue weighted by Crippen LogP contribution is 2.28. The van der Waals surface area contributed by atoms with E-state index in [1.807, 2.05) is 24.3 Å². The maximum absolute atomic E-state index is 12.1. The lowest BCUT2D eigenvalue weighted by molar-refractivity contribution is 0.0921. The molecule has 21 heavy (non-hydrogen) atoms. The highest BCUT2D eigenvalue weighted by atomic mass is 79.9. The lowest BCUT2D eigenvalue weighted by atomic mass is 10.1. The topological polar surface area (TPSA) is 26.3 Å². The van der Waals surface area contributed by atoms with Crippen molar-refractivity contribution in [3.63, 3.8) is 0 Å². The summed E-state index contributed by atoms with van der Waals surface area (Å²) in [6.07, 6.45) is 2.13. The predicted molar refractivity (Wildman–Crippen MR) is 89.4 cm³/mol. The van der Waals surface area contributed by atoms with Crippen LogP contribution in [-0.4, -0.2) is 12.4 Å².